The van der Waals surface area contributed by atoms with Gasteiger partial charge in [0.05, 0.1) is 39.0 Å². The zero-order chi connectivity index (χ0) is 79.7. The van der Waals surface area contributed by atoms with E-state index in [-0.39, 0.29) is 0 Å². The van der Waals surface area contributed by atoms with E-state index in [9.17, 15) is 0 Å². The fraction of sp³-hybridized carbons (Fsp3) is 0.0417. The molecule has 0 saturated carbocycles. The number of rotatable bonds is 11. The number of aryl methyl sites for hydroxylation is 4. The second-order valence-electron chi connectivity index (χ2n) is 27.4. The Labute approximate surface area is 676 Å². The second kappa shape index (κ2) is 33.1. The van der Waals surface area contributed by atoms with Crippen LogP contribution in [0.3, 0.4) is 0 Å². The molecule has 0 unspecified atom stereocenters. The van der Waals surface area contributed by atoms with Crippen LogP contribution >= 0.6 is 0 Å². The standard InChI is InChI=1S/C28H17N7.C24H17N7.C22H15N5.C22H17N3/c1-16-33-27(21-12-20-9-7-18-5-3-11-30-25(18)26(20)32-14-21)35-28(34-16)23-13-19-8-6-17-4-2-10-29-24(17)22(19)15-31-23;1-16-27-23(21-6-2-4-19(29-21)17-8-12-25-13-9-17)31-24(28-16)22-7-3-5-20(30-22)18-10-14-26-15-11-18;1-14-25-21(17-10-12-23-19-8-4-2-6-15(17)19)27-22(26-14)18-11-13-24-20-9-5-3-7-16(18)20;1-16-12-14-19(15-13-16)22-24-20(17-8-4-2-5-9-17)23-21(25-22)18-10-6-3-7-11-18/h2-15H,1H3;2-15H,1H3;2-13H,1H3;2-15H,1H3. The molecule has 14 aromatic heterocycles. The van der Waals surface area contributed by atoms with E-state index in [4.69, 9.17) is 39.9 Å². The van der Waals surface area contributed by atoms with E-state index in [0.29, 0.717) is 87.0 Å². The van der Waals surface area contributed by atoms with Crippen LogP contribution in [0, 0.1) is 27.7 Å². The van der Waals surface area contributed by atoms with Crippen LogP contribution in [0.25, 0.3) is 191 Å². The van der Waals surface area contributed by atoms with Gasteiger partial charge in [0.2, 0.25) is 0 Å². The maximum atomic E-state index is 4.80. The van der Waals surface area contributed by atoms with Crippen molar-refractivity contribution in [2.24, 2.45) is 0 Å². The number of aromatic nitrogens is 22. The summed E-state index contributed by atoms with van der Waals surface area (Å²) < 4.78 is 0. The van der Waals surface area contributed by atoms with Crippen molar-refractivity contribution in [3.8, 4) is 125 Å². The molecule has 22 heteroatoms. The molecule has 0 bridgehead atoms. The van der Waals surface area contributed by atoms with Crippen LogP contribution in [0.2, 0.25) is 0 Å². The van der Waals surface area contributed by atoms with Crippen molar-refractivity contribution in [2.45, 2.75) is 27.7 Å². The zero-order valence-corrected chi connectivity index (χ0v) is 64.0. The molecule has 0 spiro atoms. The van der Waals surface area contributed by atoms with E-state index < -0.39 is 0 Å². The van der Waals surface area contributed by atoms with Crippen LogP contribution < -0.4 is 0 Å². The minimum Gasteiger partial charge on any atom is -0.265 e. The molecule has 7 aromatic carbocycles. The molecule has 0 radical (unpaired) electrons. The number of hydrogen-bond donors (Lipinski definition) is 0. The van der Waals surface area contributed by atoms with Gasteiger partial charge in [-0.25, -0.2) is 69.8 Å². The van der Waals surface area contributed by atoms with Crippen LogP contribution in [0.5, 0.6) is 0 Å². The molecular weight excluding hydrogens is 1460 g/mol. The molecule has 21 aromatic rings. The van der Waals surface area contributed by atoms with E-state index in [1.165, 1.54) is 5.56 Å². The van der Waals surface area contributed by atoms with E-state index in [1.54, 1.807) is 55.8 Å². The van der Waals surface area contributed by atoms with E-state index in [1.807, 2.05) is 264 Å². The maximum Gasteiger partial charge on any atom is 0.182 e. The molecule has 118 heavy (non-hydrogen) atoms. The monoisotopic (exact) mass is 1530 g/mol. The summed E-state index contributed by atoms with van der Waals surface area (Å²) in [6.07, 6.45) is 17.8. The summed E-state index contributed by atoms with van der Waals surface area (Å²) in [4.78, 5) is 101. The SMILES string of the molecule is Cc1ccc(-c2nc(-c3ccccc3)nc(-c3ccccc3)n2)cc1.Cc1nc(-c2cccc(-c3ccncc3)n2)nc(-c2cccc(-c3ccncc3)n2)n1.Cc1nc(-c2ccnc3ccccc23)nc(-c2ccnc3ccccc23)n1.Cc1nc(-c2cnc3c(ccc4cccnc43)c2)nc(-c2cc3ccc4cccnc4c3cn2)n1. The lowest BCUT2D eigenvalue weighted by atomic mass is 10.1. The number of nitrogens with zero attached hydrogens (tertiary/aromatic N) is 22. The normalized spacial score (nSPS) is 11.1. The van der Waals surface area contributed by atoms with Crippen LogP contribution in [0.4, 0.5) is 0 Å². The quantitative estimate of drug-likeness (QED) is 0.109. The third-order valence-electron chi connectivity index (χ3n) is 19.3. The summed E-state index contributed by atoms with van der Waals surface area (Å²) in [6.45, 7) is 7.66. The van der Waals surface area contributed by atoms with Crippen LogP contribution in [-0.2, 0) is 0 Å². The van der Waals surface area contributed by atoms with Gasteiger partial charge in [0.1, 0.15) is 34.6 Å². The first-order valence-electron chi connectivity index (χ1n) is 37.9. The molecular formula is C96H66N22. The highest BCUT2D eigenvalue weighted by Gasteiger charge is 2.19. The van der Waals surface area contributed by atoms with Gasteiger partial charge in [-0.3, -0.25) is 39.9 Å². The van der Waals surface area contributed by atoms with Crippen molar-refractivity contribution in [2.75, 3.05) is 0 Å². The van der Waals surface area contributed by atoms with Crippen molar-refractivity contribution < 1.29 is 0 Å². The van der Waals surface area contributed by atoms with Crippen LogP contribution in [-0.4, -0.2) is 110 Å². The Morgan fingerprint density at radius 2 is 0.610 bits per heavy atom. The summed E-state index contributed by atoms with van der Waals surface area (Å²) in [6, 6.07) is 87.7. The number of pyridine rings is 10. The lowest BCUT2D eigenvalue weighted by Gasteiger charge is -2.09. The van der Waals surface area contributed by atoms with Gasteiger partial charge in [0.25, 0.3) is 0 Å². The Kier molecular flexibility index (Phi) is 20.5. The van der Waals surface area contributed by atoms with Gasteiger partial charge in [-0.2, -0.15) is 0 Å². The van der Waals surface area contributed by atoms with Crippen LogP contribution in [0.1, 0.15) is 23.0 Å². The van der Waals surface area contributed by atoms with Gasteiger partial charge in [-0.05, 0) is 130 Å². The number of benzene rings is 7. The first kappa shape index (κ1) is 73.1. The topological polar surface area (TPSA) is 284 Å². The van der Waals surface area contributed by atoms with Gasteiger partial charge < -0.3 is 0 Å². The maximum absolute atomic E-state index is 4.80. The summed E-state index contributed by atoms with van der Waals surface area (Å²) in [7, 11) is 0. The van der Waals surface area contributed by atoms with Crippen molar-refractivity contribution in [1.82, 2.24) is 110 Å². The van der Waals surface area contributed by atoms with Crippen molar-refractivity contribution in [3.63, 3.8) is 0 Å². The number of fused-ring (bicyclic) bond motifs is 8. The third kappa shape index (κ3) is 16.1. The molecule has 0 fully saturated rings. The van der Waals surface area contributed by atoms with Crippen molar-refractivity contribution >= 4 is 65.3 Å². The van der Waals surface area contributed by atoms with E-state index >= 15 is 0 Å². The average molecular weight is 1530 g/mol. The molecule has 0 aliphatic rings. The Balaban J connectivity index is 0.000000109. The van der Waals surface area contributed by atoms with E-state index in [2.05, 4.69) is 107 Å². The predicted molar refractivity (Wildman–Crippen MR) is 461 cm³/mol. The highest BCUT2D eigenvalue weighted by atomic mass is 15.1. The average Bonchev–Trinajstić information content (AvgIpc) is 0.780. The molecule has 0 amide bonds. The Hall–Kier alpha value is -16.4. The largest absolute Gasteiger partial charge is 0.265 e. The number of hydrogen-bond acceptors (Lipinski definition) is 22. The van der Waals surface area contributed by atoms with Gasteiger partial charge in [-0.1, -0.05) is 175 Å². The molecule has 0 atom stereocenters. The lowest BCUT2D eigenvalue weighted by molar-refractivity contribution is 0.976. The fourth-order valence-electron chi connectivity index (χ4n) is 13.6. The molecule has 0 aliphatic heterocycles. The minimum absolute atomic E-state index is 0.509. The first-order chi connectivity index (χ1) is 58.1. The molecule has 22 nitrogen and oxygen atoms in total. The Morgan fingerprint density at radius 3 is 1.16 bits per heavy atom. The lowest BCUT2D eigenvalue weighted by Crippen LogP contribution is -2.02. The van der Waals surface area contributed by atoms with Crippen LogP contribution in [0.15, 0.2) is 329 Å². The van der Waals surface area contributed by atoms with Gasteiger partial charge >= 0.3 is 0 Å². The zero-order valence-electron chi connectivity index (χ0n) is 64.0. The summed E-state index contributed by atoms with van der Waals surface area (Å²) in [5.41, 5.74) is 17.0. The predicted octanol–water partition coefficient (Wildman–Crippen LogP) is 19.9. The summed E-state index contributed by atoms with van der Waals surface area (Å²) >= 11 is 0. The van der Waals surface area contributed by atoms with Gasteiger partial charge in [0, 0.05) is 139 Å². The van der Waals surface area contributed by atoms with Gasteiger partial charge in [0.15, 0.2) is 52.4 Å². The minimum atomic E-state index is 0.509. The first-order valence-corrected chi connectivity index (χ1v) is 37.9. The molecule has 0 N–H and O–H groups in total. The molecule has 21 rings (SSSR count). The summed E-state index contributed by atoms with van der Waals surface area (Å²) in [5, 5.41) is 7.21. The molecule has 0 aliphatic carbocycles. The fourth-order valence-corrected chi connectivity index (χ4v) is 13.6. The Bertz CT molecular complexity index is 6850. The molecule has 14 heterocycles. The number of para-hydroxylation sites is 2. The molecule has 0 saturated heterocycles. The summed E-state index contributed by atoms with van der Waals surface area (Å²) in [5.74, 6) is 7.36. The Morgan fingerprint density at radius 1 is 0.195 bits per heavy atom. The smallest absolute Gasteiger partial charge is 0.182 e. The van der Waals surface area contributed by atoms with Gasteiger partial charge in [-0.15, -0.1) is 0 Å². The molecule has 560 valence electrons. The second-order valence-corrected chi connectivity index (χ2v) is 27.4. The highest BCUT2D eigenvalue weighted by molar-refractivity contribution is 6.06. The van der Waals surface area contributed by atoms with Crippen molar-refractivity contribution in [3.05, 3.63) is 352 Å². The third-order valence-corrected chi connectivity index (χ3v) is 19.3. The highest BCUT2D eigenvalue weighted by Crippen LogP contribution is 2.34. The van der Waals surface area contributed by atoms with E-state index in [0.717, 1.165) is 121 Å². The van der Waals surface area contributed by atoms with Crippen molar-refractivity contribution in [1.29, 1.82) is 0 Å².